The molecule has 2 rings (SSSR count). The maximum Gasteiger partial charge on any atom is 0.155 e. The first-order valence-electron chi connectivity index (χ1n) is 4.18. The van der Waals surface area contributed by atoms with Crippen LogP contribution < -0.4 is 4.74 Å². The number of para-hydroxylation sites is 1. The van der Waals surface area contributed by atoms with Gasteiger partial charge >= 0.3 is 0 Å². The number of aromatic nitrogens is 1. The van der Waals surface area contributed by atoms with Gasteiger partial charge in [0.25, 0.3) is 0 Å². The number of benzene rings is 1. The Hall–Kier alpha value is -2.08. The Kier molecular flexibility index (Phi) is 2.04. The van der Waals surface area contributed by atoms with Gasteiger partial charge in [-0.1, -0.05) is 18.2 Å². The second kappa shape index (κ2) is 3.35. The monoisotopic (exact) mass is 184 g/mol. The van der Waals surface area contributed by atoms with E-state index >= 15 is 0 Å². The Labute approximate surface area is 81.6 Å². The number of methoxy groups -OCH3 is 1. The molecular weight excluding hydrogens is 176 g/mol. The van der Waals surface area contributed by atoms with Crippen molar-refractivity contribution in [1.82, 2.24) is 4.98 Å². The zero-order chi connectivity index (χ0) is 9.97. The van der Waals surface area contributed by atoms with E-state index in [4.69, 9.17) is 10.00 Å². The quantitative estimate of drug-likeness (QED) is 0.681. The number of hydrogen-bond acceptors (Lipinski definition) is 3. The SMILES string of the molecule is COc1cnc2ccccc2c1C#N. The van der Waals surface area contributed by atoms with Crippen molar-refractivity contribution in [2.24, 2.45) is 0 Å². The van der Waals surface area contributed by atoms with Crippen LogP contribution in [0, 0.1) is 11.3 Å². The molecule has 1 heterocycles. The molecule has 2 aromatic rings. The summed E-state index contributed by atoms with van der Waals surface area (Å²) in [4.78, 5) is 4.18. The molecule has 1 aromatic carbocycles. The molecule has 0 aliphatic carbocycles. The fourth-order valence-electron chi connectivity index (χ4n) is 1.39. The number of ether oxygens (including phenoxy) is 1. The lowest BCUT2D eigenvalue weighted by atomic mass is 10.1. The van der Waals surface area contributed by atoms with Crippen LogP contribution in [0.25, 0.3) is 10.9 Å². The van der Waals surface area contributed by atoms with E-state index in [9.17, 15) is 0 Å². The zero-order valence-corrected chi connectivity index (χ0v) is 7.69. The van der Waals surface area contributed by atoms with E-state index < -0.39 is 0 Å². The Morgan fingerprint density at radius 3 is 2.86 bits per heavy atom. The number of nitriles is 1. The lowest BCUT2D eigenvalue weighted by Crippen LogP contribution is -1.91. The largest absolute Gasteiger partial charge is 0.494 e. The van der Waals surface area contributed by atoms with Gasteiger partial charge in [0.15, 0.2) is 5.75 Å². The van der Waals surface area contributed by atoms with E-state index in [1.54, 1.807) is 6.20 Å². The predicted molar refractivity (Wildman–Crippen MR) is 53.0 cm³/mol. The first kappa shape index (κ1) is 8.52. The second-order valence-corrected chi connectivity index (χ2v) is 2.83. The summed E-state index contributed by atoms with van der Waals surface area (Å²) >= 11 is 0. The van der Waals surface area contributed by atoms with Crippen LogP contribution in [0.2, 0.25) is 0 Å². The van der Waals surface area contributed by atoms with Crippen LogP contribution in [0.3, 0.4) is 0 Å². The topological polar surface area (TPSA) is 45.9 Å². The number of pyridine rings is 1. The van der Waals surface area contributed by atoms with Crippen molar-refractivity contribution in [2.45, 2.75) is 0 Å². The highest BCUT2D eigenvalue weighted by Gasteiger charge is 2.07. The lowest BCUT2D eigenvalue weighted by molar-refractivity contribution is 0.412. The van der Waals surface area contributed by atoms with Crippen molar-refractivity contribution in [1.29, 1.82) is 5.26 Å². The maximum absolute atomic E-state index is 8.99. The third kappa shape index (κ3) is 1.17. The van der Waals surface area contributed by atoms with Crippen molar-refractivity contribution in [3.05, 3.63) is 36.0 Å². The van der Waals surface area contributed by atoms with Gasteiger partial charge in [0.05, 0.1) is 18.8 Å². The lowest BCUT2D eigenvalue weighted by Gasteiger charge is -2.04. The minimum absolute atomic E-state index is 0.520. The van der Waals surface area contributed by atoms with Crippen molar-refractivity contribution in [2.75, 3.05) is 7.11 Å². The van der Waals surface area contributed by atoms with Crippen LogP contribution in [0.1, 0.15) is 5.56 Å². The molecule has 0 fully saturated rings. The normalized spacial score (nSPS) is 9.71. The second-order valence-electron chi connectivity index (χ2n) is 2.83. The molecule has 1 aromatic heterocycles. The Bertz CT molecular complexity index is 514. The predicted octanol–water partition coefficient (Wildman–Crippen LogP) is 2.12. The summed E-state index contributed by atoms with van der Waals surface area (Å²) in [6.45, 7) is 0. The van der Waals surface area contributed by atoms with Crippen molar-refractivity contribution in [3.8, 4) is 11.8 Å². The standard InChI is InChI=1S/C11H8N2O/c1-14-11-7-13-10-5-3-2-4-8(10)9(11)6-12/h2-5,7H,1H3. The summed E-state index contributed by atoms with van der Waals surface area (Å²) in [5.74, 6) is 0.520. The smallest absolute Gasteiger partial charge is 0.155 e. The Morgan fingerprint density at radius 1 is 1.36 bits per heavy atom. The van der Waals surface area contributed by atoms with Gasteiger partial charge in [-0.15, -0.1) is 0 Å². The summed E-state index contributed by atoms with van der Waals surface area (Å²) in [6, 6.07) is 9.63. The molecule has 0 atom stereocenters. The van der Waals surface area contributed by atoms with Gasteiger partial charge in [0.1, 0.15) is 11.6 Å². The minimum Gasteiger partial charge on any atom is -0.494 e. The molecule has 3 heteroatoms. The fraction of sp³-hybridized carbons (Fsp3) is 0.0909. The molecule has 0 radical (unpaired) electrons. The van der Waals surface area contributed by atoms with Crippen LogP contribution in [0.15, 0.2) is 30.5 Å². The number of nitrogens with zero attached hydrogens (tertiary/aromatic N) is 2. The molecule has 0 unspecified atom stereocenters. The average molecular weight is 184 g/mol. The van der Waals surface area contributed by atoms with E-state index in [1.165, 1.54) is 7.11 Å². The molecule has 0 saturated heterocycles. The number of hydrogen-bond donors (Lipinski definition) is 0. The first-order valence-corrected chi connectivity index (χ1v) is 4.18. The third-order valence-electron chi connectivity index (χ3n) is 2.07. The van der Waals surface area contributed by atoms with Crippen LogP contribution >= 0.6 is 0 Å². The Balaban J connectivity index is 2.85. The van der Waals surface area contributed by atoms with Gasteiger partial charge in [-0.2, -0.15) is 5.26 Å². The fourth-order valence-corrected chi connectivity index (χ4v) is 1.39. The molecule has 14 heavy (non-hydrogen) atoms. The highest BCUT2D eigenvalue weighted by molar-refractivity contribution is 5.86. The molecule has 0 bridgehead atoms. The van der Waals surface area contributed by atoms with Gasteiger partial charge < -0.3 is 4.74 Å². The molecule has 0 amide bonds. The summed E-state index contributed by atoms with van der Waals surface area (Å²) in [7, 11) is 1.53. The molecule has 0 saturated carbocycles. The summed E-state index contributed by atoms with van der Waals surface area (Å²) in [5, 5.41) is 9.82. The highest BCUT2D eigenvalue weighted by Crippen LogP contribution is 2.24. The molecule has 0 spiro atoms. The van der Waals surface area contributed by atoms with Gasteiger partial charge in [0.2, 0.25) is 0 Å². The van der Waals surface area contributed by atoms with Gasteiger partial charge in [-0.25, -0.2) is 0 Å². The molecule has 3 nitrogen and oxygen atoms in total. The van der Waals surface area contributed by atoms with Crippen LogP contribution in [-0.2, 0) is 0 Å². The zero-order valence-electron chi connectivity index (χ0n) is 7.69. The summed E-state index contributed by atoms with van der Waals surface area (Å²) in [5.41, 5.74) is 1.35. The van der Waals surface area contributed by atoms with Gasteiger partial charge in [-0.05, 0) is 6.07 Å². The van der Waals surface area contributed by atoms with Crippen LogP contribution in [0.4, 0.5) is 0 Å². The van der Waals surface area contributed by atoms with Crippen molar-refractivity contribution < 1.29 is 4.74 Å². The van der Waals surface area contributed by atoms with Crippen LogP contribution in [0.5, 0.6) is 5.75 Å². The van der Waals surface area contributed by atoms with Gasteiger partial charge in [-0.3, -0.25) is 4.98 Å². The molecule has 68 valence electrons. The van der Waals surface area contributed by atoms with Crippen molar-refractivity contribution in [3.63, 3.8) is 0 Å². The van der Waals surface area contributed by atoms with E-state index in [1.807, 2.05) is 24.3 Å². The first-order chi connectivity index (χ1) is 6.86. The average Bonchev–Trinajstić information content (AvgIpc) is 2.27. The molecule has 0 aliphatic heterocycles. The Morgan fingerprint density at radius 2 is 2.14 bits per heavy atom. The van der Waals surface area contributed by atoms with E-state index in [-0.39, 0.29) is 0 Å². The van der Waals surface area contributed by atoms with Gasteiger partial charge in [0, 0.05) is 5.39 Å². The van der Waals surface area contributed by atoms with Crippen molar-refractivity contribution >= 4 is 10.9 Å². The highest BCUT2D eigenvalue weighted by atomic mass is 16.5. The number of fused-ring (bicyclic) bond motifs is 1. The minimum atomic E-state index is 0.520. The molecular formula is C11H8N2O. The maximum atomic E-state index is 8.99. The summed E-state index contributed by atoms with van der Waals surface area (Å²) in [6.07, 6.45) is 1.57. The summed E-state index contributed by atoms with van der Waals surface area (Å²) < 4.78 is 5.06. The van der Waals surface area contributed by atoms with E-state index in [0.29, 0.717) is 11.3 Å². The third-order valence-corrected chi connectivity index (χ3v) is 2.07. The van der Waals surface area contributed by atoms with E-state index in [0.717, 1.165) is 10.9 Å². The van der Waals surface area contributed by atoms with Crippen LogP contribution in [-0.4, -0.2) is 12.1 Å². The number of rotatable bonds is 1. The van der Waals surface area contributed by atoms with E-state index in [2.05, 4.69) is 11.1 Å². The molecule has 0 N–H and O–H groups in total. The molecule has 0 aliphatic rings.